The van der Waals surface area contributed by atoms with Crippen LogP contribution in [0.1, 0.15) is 6.42 Å². The number of amides is 1. The lowest BCUT2D eigenvalue weighted by Gasteiger charge is -2.36. The maximum Gasteiger partial charge on any atom is 0.317 e. The predicted molar refractivity (Wildman–Crippen MR) is 135 cm³/mol. The SMILES string of the molecule is C=CCn1c(=O)c(=O)n(CC(=O)NCCCN2CCN(c3ccccc3)CC2)c2ccccc21. The van der Waals surface area contributed by atoms with Crippen molar-refractivity contribution in [2.75, 3.05) is 44.2 Å². The minimum atomic E-state index is -0.702. The van der Waals surface area contributed by atoms with Crippen molar-refractivity contribution >= 4 is 22.6 Å². The second kappa shape index (κ2) is 11.0. The summed E-state index contributed by atoms with van der Waals surface area (Å²) in [5.74, 6) is -0.276. The van der Waals surface area contributed by atoms with Gasteiger partial charge in [0.2, 0.25) is 5.91 Å². The summed E-state index contributed by atoms with van der Waals surface area (Å²) in [6.45, 7) is 9.11. The Hall–Kier alpha value is -3.65. The molecule has 0 unspecified atom stereocenters. The highest BCUT2D eigenvalue weighted by molar-refractivity contribution is 5.80. The molecule has 178 valence electrons. The van der Waals surface area contributed by atoms with Crippen LogP contribution in [0.4, 0.5) is 5.69 Å². The van der Waals surface area contributed by atoms with Crippen molar-refractivity contribution < 1.29 is 4.79 Å². The van der Waals surface area contributed by atoms with Gasteiger partial charge in [-0.05, 0) is 37.2 Å². The average Bonchev–Trinajstić information content (AvgIpc) is 2.88. The molecule has 1 saturated heterocycles. The lowest BCUT2D eigenvalue weighted by Crippen LogP contribution is -2.47. The van der Waals surface area contributed by atoms with Gasteiger partial charge in [0.25, 0.3) is 0 Å². The van der Waals surface area contributed by atoms with Gasteiger partial charge >= 0.3 is 11.1 Å². The van der Waals surface area contributed by atoms with Crippen LogP contribution in [0.3, 0.4) is 0 Å². The standard InChI is InChI=1S/C26H31N5O3/c1-2-14-30-22-11-6-7-12-23(22)31(26(34)25(30)33)20-24(32)27-13-8-15-28-16-18-29(19-17-28)21-9-4-3-5-10-21/h2-7,9-12H,1,8,13-20H2,(H,27,32). The highest BCUT2D eigenvalue weighted by Gasteiger charge is 2.17. The highest BCUT2D eigenvalue weighted by atomic mass is 16.2. The zero-order valence-electron chi connectivity index (χ0n) is 19.4. The Balaban J connectivity index is 1.29. The fourth-order valence-electron chi connectivity index (χ4n) is 4.44. The average molecular weight is 462 g/mol. The van der Waals surface area contributed by atoms with Crippen LogP contribution in [0.2, 0.25) is 0 Å². The molecule has 1 aromatic heterocycles. The van der Waals surface area contributed by atoms with E-state index in [9.17, 15) is 14.4 Å². The summed E-state index contributed by atoms with van der Waals surface area (Å²) in [4.78, 5) is 42.6. The number of aromatic nitrogens is 2. The lowest BCUT2D eigenvalue weighted by molar-refractivity contribution is -0.121. The van der Waals surface area contributed by atoms with Crippen LogP contribution in [-0.4, -0.2) is 59.2 Å². The number of carbonyl (C=O) groups excluding carboxylic acids is 1. The van der Waals surface area contributed by atoms with Gasteiger partial charge in [0.05, 0.1) is 11.0 Å². The van der Waals surface area contributed by atoms with Crippen LogP contribution in [0.25, 0.3) is 11.0 Å². The fraction of sp³-hybridized carbons (Fsp3) is 0.346. The van der Waals surface area contributed by atoms with Crippen molar-refractivity contribution in [3.05, 3.63) is 88.0 Å². The number of fused-ring (bicyclic) bond motifs is 1. The Morgan fingerprint density at radius 3 is 2.18 bits per heavy atom. The number of anilines is 1. The molecule has 4 rings (SSSR count). The Morgan fingerprint density at radius 2 is 1.50 bits per heavy atom. The van der Waals surface area contributed by atoms with Crippen molar-refractivity contribution in [2.24, 2.45) is 0 Å². The summed E-state index contributed by atoms with van der Waals surface area (Å²) in [6.07, 6.45) is 2.40. The van der Waals surface area contributed by atoms with Crippen molar-refractivity contribution in [1.29, 1.82) is 0 Å². The number of rotatable bonds is 9. The monoisotopic (exact) mass is 461 g/mol. The fourth-order valence-corrected chi connectivity index (χ4v) is 4.44. The van der Waals surface area contributed by atoms with Gasteiger partial charge in [-0.1, -0.05) is 36.4 Å². The Labute approximate surface area is 198 Å². The Kier molecular flexibility index (Phi) is 7.59. The zero-order valence-corrected chi connectivity index (χ0v) is 19.4. The third-order valence-corrected chi connectivity index (χ3v) is 6.22. The zero-order chi connectivity index (χ0) is 23.9. The molecule has 1 fully saturated rings. The van der Waals surface area contributed by atoms with Gasteiger partial charge in [0.15, 0.2) is 0 Å². The summed E-state index contributed by atoms with van der Waals surface area (Å²) >= 11 is 0. The molecule has 1 aliphatic rings. The Bertz CT molecular complexity index is 1260. The van der Waals surface area contributed by atoms with E-state index in [1.54, 1.807) is 30.3 Å². The second-order valence-corrected chi connectivity index (χ2v) is 8.45. The minimum absolute atomic E-state index is 0.181. The van der Waals surface area contributed by atoms with E-state index in [-0.39, 0.29) is 19.0 Å². The maximum absolute atomic E-state index is 12.7. The molecule has 0 saturated carbocycles. The minimum Gasteiger partial charge on any atom is -0.369 e. The first kappa shape index (κ1) is 23.5. The van der Waals surface area contributed by atoms with Crippen LogP contribution >= 0.6 is 0 Å². The van der Waals surface area contributed by atoms with E-state index in [1.807, 2.05) is 6.07 Å². The summed E-state index contributed by atoms with van der Waals surface area (Å²) in [5.41, 5.74) is 1.07. The molecule has 0 atom stereocenters. The molecule has 1 aliphatic heterocycles. The van der Waals surface area contributed by atoms with Crippen LogP contribution in [0.15, 0.2) is 76.8 Å². The van der Waals surface area contributed by atoms with Gasteiger partial charge in [-0.2, -0.15) is 0 Å². The quantitative estimate of drug-likeness (QED) is 0.298. The molecule has 3 aromatic rings. The van der Waals surface area contributed by atoms with Gasteiger partial charge < -0.3 is 10.2 Å². The maximum atomic E-state index is 12.7. The first-order valence-corrected chi connectivity index (χ1v) is 11.7. The third kappa shape index (κ3) is 5.28. The normalized spacial score (nSPS) is 14.3. The van der Waals surface area contributed by atoms with Crippen LogP contribution < -0.4 is 21.3 Å². The smallest absolute Gasteiger partial charge is 0.317 e. The van der Waals surface area contributed by atoms with Crippen molar-refractivity contribution in [1.82, 2.24) is 19.4 Å². The van der Waals surface area contributed by atoms with Crippen LogP contribution in [-0.2, 0) is 17.9 Å². The highest BCUT2D eigenvalue weighted by Crippen LogP contribution is 2.15. The molecule has 1 amide bonds. The number of hydrogen-bond acceptors (Lipinski definition) is 5. The molecule has 1 N–H and O–H groups in total. The van der Waals surface area contributed by atoms with E-state index in [2.05, 4.69) is 46.0 Å². The molecule has 34 heavy (non-hydrogen) atoms. The topological polar surface area (TPSA) is 79.6 Å². The molecular formula is C26H31N5O3. The number of para-hydroxylation sites is 3. The van der Waals surface area contributed by atoms with E-state index in [0.29, 0.717) is 17.6 Å². The molecule has 0 bridgehead atoms. The largest absolute Gasteiger partial charge is 0.369 e. The molecule has 2 heterocycles. The van der Waals surface area contributed by atoms with Gasteiger partial charge in [0.1, 0.15) is 6.54 Å². The number of piperazine rings is 1. The molecule has 0 spiro atoms. The lowest BCUT2D eigenvalue weighted by atomic mass is 10.2. The number of allylic oxidation sites excluding steroid dienone is 1. The molecule has 8 heteroatoms. The van der Waals surface area contributed by atoms with Crippen LogP contribution in [0.5, 0.6) is 0 Å². The number of benzene rings is 2. The molecular weight excluding hydrogens is 430 g/mol. The van der Waals surface area contributed by atoms with E-state index < -0.39 is 11.1 Å². The van der Waals surface area contributed by atoms with E-state index >= 15 is 0 Å². The third-order valence-electron chi connectivity index (χ3n) is 6.22. The molecule has 2 aromatic carbocycles. The second-order valence-electron chi connectivity index (χ2n) is 8.45. The molecule has 0 radical (unpaired) electrons. The number of nitrogens with one attached hydrogen (secondary N) is 1. The van der Waals surface area contributed by atoms with Crippen molar-refractivity contribution in [3.63, 3.8) is 0 Å². The van der Waals surface area contributed by atoms with E-state index in [1.165, 1.54) is 14.8 Å². The summed E-state index contributed by atoms with van der Waals surface area (Å²) in [7, 11) is 0. The van der Waals surface area contributed by atoms with Gasteiger partial charge in [0, 0.05) is 45.0 Å². The Morgan fingerprint density at radius 1 is 0.882 bits per heavy atom. The summed E-state index contributed by atoms with van der Waals surface area (Å²) in [6, 6.07) is 17.5. The van der Waals surface area contributed by atoms with Gasteiger partial charge in [-0.25, -0.2) is 0 Å². The summed E-state index contributed by atoms with van der Waals surface area (Å²) < 4.78 is 2.64. The van der Waals surface area contributed by atoms with Crippen molar-refractivity contribution in [2.45, 2.75) is 19.5 Å². The first-order chi connectivity index (χ1) is 16.6. The number of carbonyl (C=O) groups is 1. The van der Waals surface area contributed by atoms with E-state index in [0.717, 1.165) is 39.1 Å². The molecule has 0 aliphatic carbocycles. The summed E-state index contributed by atoms with van der Waals surface area (Å²) in [5, 5.41) is 2.90. The predicted octanol–water partition coefficient (Wildman–Crippen LogP) is 1.68. The first-order valence-electron chi connectivity index (χ1n) is 11.7. The van der Waals surface area contributed by atoms with E-state index in [4.69, 9.17) is 0 Å². The van der Waals surface area contributed by atoms with Crippen LogP contribution in [0, 0.1) is 0 Å². The van der Waals surface area contributed by atoms with Crippen molar-refractivity contribution in [3.8, 4) is 0 Å². The van der Waals surface area contributed by atoms with Gasteiger partial charge in [-0.3, -0.25) is 28.4 Å². The van der Waals surface area contributed by atoms with Gasteiger partial charge in [-0.15, -0.1) is 6.58 Å². The number of hydrogen-bond donors (Lipinski definition) is 1. The molecule has 8 nitrogen and oxygen atoms in total. The number of nitrogens with zero attached hydrogens (tertiary/aromatic N) is 4.